The van der Waals surface area contributed by atoms with E-state index in [4.69, 9.17) is 9.47 Å². The summed E-state index contributed by atoms with van der Waals surface area (Å²) in [5.74, 6) is 0.107. The van der Waals surface area contributed by atoms with Gasteiger partial charge < -0.3 is 19.7 Å². The Morgan fingerprint density at radius 3 is 2.67 bits per heavy atom. The quantitative estimate of drug-likeness (QED) is 0.790. The predicted molar refractivity (Wildman–Crippen MR) is 91.1 cm³/mol. The molecule has 0 unspecified atom stereocenters. The second-order valence-electron chi connectivity index (χ2n) is 5.14. The molecule has 0 spiro atoms. The number of amidine groups is 1. The number of benzene rings is 1. The lowest BCUT2D eigenvalue weighted by Gasteiger charge is -2.30. The van der Waals surface area contributed by atoms with Crippen molar-refractivity contribution < 1.29 is 22.7 Å². The molecule has 0 radical (unpaired) electrons. The van der Waals surface area contributed by atoms with Gasteiger partial charge in [0.25, 0.3) is 10.0 Å². The van der Waals surface area contributed by atoms with E-state index in [1.54, 1.807) is 19.2 Å². The van der Waals surface area contributed by atoms with E-state index in [0.717, 1.165) is 0 Å². The molecule has 0 saturated carbocycles. The summed E-state index contributed by atoms with van der Waals surface area (Å²) in [6.07, 6.45) is 0.481. The summed E-state index contributed by atoms with van der Waals surface area (Å²) < 4.78 is 38.6. The summed E-state index contributed by atoms with van der Waals surface area (Å²) in [7, 11) is -0.818. The molecule has 1 aliphatic heterocycles. The van der Waals surface area contributed by atoms with Crippen molar-refractivity contribution in [3.8, 4) is 0 Å². The Kier molecular flexibility index (Phi) is 5.92. The number of nitrogens with one attached hydrogen (secondary N) is 1. The second-order valence-corrected chi connectivity index (χ2v) is 6.72. The minimum Gasteiger partial charge on any atom is -0.383 e. The van der Waals surface area contributed by atoms with Gasteiger partial charge in [-0.25, -0.2) is 0 Å². The van der Waals surface area contributed by atoms with Crippen molar-refractivity contribution in [1.82, 2.24) is 0 Å². The van der Waals surface area contributed by atoms with Gasteiger partial charge in [0.1, 0.15) is 17.3 Å². The maximum absolute atomic E-state index is 12.4. The van der Waals surface area contributed by atoms with Gasteiger partial charge in [-0.05, 0) is 18.2 Å². The van der Waals surface area contributed by atoms with Crippen LogP contribution in [-0.2, 0) is 24.3 Å². The van der Waals surface area contributed by atoms with E-state index in [1.807, 2.05) is 11.8 Å². The molecule has 132 valence electrons. The van der Waals surface area contributed by atoms with Crippen LogP contribution in [0.4, 0.5) is 11.4 Å². The van der Waals surface area contributed by atoms with Gasteiger partial charge >= 0.3 is 0 Å². The molecule has 24 heavy (non-hydrogen) atoms. The number of fused-ring (bicyclic) bond motifs is 1. The highest BCUT2D eigenvalue weighted by molar-refractivity contribution is 7.90. The number of ether oxygens (including phenoxy) is 2. The van der Waals surface area contributed by atoms with Crippen molar-refractivity contribution >= 4 is 33.1 Å². The summed E-state index contributed by atoms with van der Waals surface area (Å²) in [5, 5.41) is 2.59. The van der Waals surface area contributed by atoms with Crippen LogP contribution in [0, 0.1) is 0 Å². The van der Waals surface area contributed by atoms with Gasteiger partial charge in [-0.3, -0.25) is 4.79 Å². The first-order valence-electron chi connectivity index (χ1n) is 7.46. The normalized spacial score (nSPS) is 15.6. The van der Waals surface area contributed by atoms with Crippen LogP contribution in [-0.4, -0.2) is 54.1 Å². The van der Waals surface area contributed by atoms with Crippen LogP contribution in [0.3, 0.4) is 0 Å². The van der Waals surface area contributed by atoms with Crippen molar-refractivity contribution in [3.05, 3.63) is 18.2 Å². The minimum absolute atomic E-state index is 0.0611. The highest BCUT2D eigenvalue weighted by atomic mass is 32.2. The van der Waals surface area contributed by atoms with Gasteiger partial charge in [-0.2, -0.15) is 8.42 Å². The highest BCUT2D eigenvalue weighted by Gasteiger charge is 2.30. The third-order valence-electron chi connectivity index (χ3n) is 3.46. The average molecular weight is 355 g/mol. The van der Waals surface area contributed by atoms with E-state index in [-0.39, 0.29) is 17.4 Å². The fourth-order valence-corrected chi connectivity index (χ4v) is 3.74. The SMILES string of the molecule is CCC1=NS(=O)(=O)c2cc(NC(=O)COC)ccc2N1CCOC. The Morgan fingerprint density at radius 1 is 1.29 bits per heavy atom. The number of amides is 1. The summed E-state index contributed by atoms with van der Waals surface area (Å²) >= 11 is 0. The average Bonchev–Trinajstić information content (AvgIpc) is 2.54. The minimum atomic E-state index is -3.81. The highest BCUT2D eigenvalue weighted by Crippen LogP contribution is 2.34. The van der Waals surface area contributed by atoms with Crippen molar-refractivity contribution in [2.24, 2.45) is 4.40 Å². The molecule has 1 heterocycles. The molecule has 0 aliphatic carbocycles. The van der Waals surface area contributed by atoms with Crippen LogP contribution >= 0.6 is 0 Å². The number of carbonyl (C=O) groups excluding carboxylic acids is 1. The summed E-state index contributed by atoms with van der Waals surface area (Å²) in [4.78, 5) is 13.5. The lowest BCUT2D eigenvalue weighted by atomic mass is 10.2. The zero-order valence-corrected chi connectivity index (χ0v) is 14.7. The molecule has 9 heteroatoms. The standard InChI is InChI=1S/C15H21N3O5S/c1-4-14-17-24(20,21)13-9-11(16-15(19)10-23-3)5-6-12(13)18(14)7-8-22-2/h5-6,9H,4,7-8,10H2,1-3H3,(H,16,19). The Labute approximate surface area is 141 Å². The fourth-order valence-electron chi connectivity index (χ4n) is 2.41. The maximum Gasteiger partial charge on any atom is 0.286 e. The number of hydrogen-bond donors (Lipinski definition) is 1. The van der Waals surface area contributed by atoms with Gasteiger partial charge in [-0.15, -0.1) is 4.40 Å². The number of rotatable bonds is 7. The number of nitrogens with zero attached hydrogens (tertiary/aromatic N) is 2. The fraction of sp³-hybridized carbons (Fsp3) is 0.467. The molecular formula is C15H21N3O5S. The third kappa shape index (κ3) is 3.92. The Hall–Kier alpha value is -1.97. The van der Waals surface area contributed by atoms with E-state index in [1.165, 1.54) is 13.2 Å². The first kappa shape index (κ1) is 18.4. The second kappa shape index (κ2) is 7.73. The maximum atomic E-state index is 12.4. The lowest BCUT2D eigenvalue weighted by Crippen LogP contribution is -2.37. The number of hydrogen-bond acceptors (Lipinski definition) is 6. The van der Waals surface area contributed by atoms with Crippen LogP contribution in [0.25, 0.3) is 0 Å². The summed E-state index contributed by atoms with van der Waals surface area (Å²) in [6.45, 7) is 2.66. The van der Waals surface area contributed by atoms with Crippen LogP contribution in [0.5, 0.6) is 0 Å². The lowest BCUT2D eigenvalue weighted by molar-refractivity contribution is -0.119. The Morgan fingerprint density at radius 2 is 2.04 bits per heavy atom. The van der Waals surface area contributed by atoms with Crippen molar-refractivity contribution in [3.63, 3.8) is 0 Å². The summed E-state index contributed by atoms with van der Waals surface area (Å²) in [5.41, 5.74) is 0.907. The molecule has 1 aromatic carbocycles. The van der Waals surface area contributed by atoms with E-state index >= 15 is 0 Å². The molecule has 1 aliphatic rings. The largest absolute Gasteiger partial charge is 0.383 e. The van der Waals surface area contributed by atoms with Crippen LogP contribution in [0.2, 0.25) is 0 Å². The molecule has 0 bridgehead atoms. The van der Waals surface area contributed by atoms with Crippen LogP contribution < -0.4 is 10.2 Å². The predicted octanol–water partition coefficient (Wildman–Crippen LogP) is 1.24. The molecular weight excluding hydrogens is 334 g/mol. The topological polar surface area (TPSA) is 97.3 Å². The molecule has 1 N–H and O–H groups in total. The molecule has 1 amide bonds. The monoisotopic (exact) mass is 355 g/mol. The van der Waals surface area contributed by atoms with Gasteiger partial charge in [0.15, 0.2) is 0 Å². The van der Waals surface area contributed by atoms with Crippen molar-refractivity contribution in [1.29, 1.82) is 0 Å². The number of sulfonamides is 1. The van der Waals surface area contributed by atoms with E-state index in [9.17, 15) is 13.2 Å². The Balaban J connectivity index is 2.42. The van der Waals surface area contributed by atoms with Gasteiger partial charge in [0.2, 0.25) is 5.91 Å². The van der Waals surface area contributed by atoms with Crippen LogP contribution in [0.1, 0.15) is 13.3 Å². The molecule has 0 fully saturated rings. The third-order valence-corrected chi connectivity index (χ3v) is 4.79. The van der Waals surface area contributed by atoms with Gasteiger partial charge in [-0.1, -0.05) is 6.92 Å². The van der Waals surface area contributed by atoms with Crippen molar-refractivity contribution in [2.75, 3.05) is 44.2 Å². The molecule has 8 nitrogen and oxygen atoms in total. The van der Waals surface area contributed by atoms with Crippen LogP contribution in [0.15, 0.2) is 27.5 Å². The molecule has 0 atom stereocenters. The molecule has 1 aromatic rings. The Bertz CT molecular complexity index is 745. The van der Waals surface area contributed by atoms with Gasteiger partial charge in [0.05, 0.1) is 12.3 Å². The zero-order valence-electron chi connectivity index (χ0n) is 13.9. The molecule has 0 saturated heterocycles. The first-order valence-corrected chi connectivity index (χ1v) is 8.90. The first-order chi connectivity index (χ1) is 11.4. The zero-order chi connectivity index (χ0) is 17.7. The summed E-state index contributed by atoms with van der Waals surface area (Å²) in [6, 6.07) is 4.73. The smallest absolute Gasteiger partial charge is 0.286 e. The number of anilines is 2. The molecule has 0 aromatic heterocycles. The van der Waals surface area contributed by atoms with Crippen molar-refractivity contribution in [2.45, 2.75) is 18.2 Å². The molecule has 2 rings (SSSR count). The van der Waals surface area contributed by atoms with E-state index in [2.05, 4.69) is 9.71 Å². The van der Waals surface area contributed by atoms with E-state index in [0.29, 0.717) is 36.8 Å². The van der Waals surface area contributed by atoms with E-state index < -0.39 is 10.0 Å². The van der Waals surface area contributed by atoms with Gasteiger partial charge in [0, 0.05) is 32.9 Å². The number of methoxy groups -OCH3 is 2. The number of carbonyl (C=O) groups is 1.